The summed E-state index contributed by atoms with van der Waals surface area (Å²) in [5.74, 6) is 2.89. The number of ether oxygens (including phenoxy) is 1. The molecule has 0 radical (unpaired) electrons. The van der Waals surface area contributed by atoms with Gasteiger partial charge in [0.25, 0.3) is 0 Å². The summed E-state index contributed by atoms with van der Waals surface area (Å²) in [6, 6.07) is 6.92. The molecule has 0 aliphatic rings. The second-order valence-electron chi connectivity index (χ2n) is 5.98. The SMILES string of the molecule is Cn1cccc1-c1nc(F)nc(F)n1.Cn1cccc1-c1nc(F)nc(OCC#CI)n1. The first-order chi connectivity index (χ1) is 15.4. The summed E-state index contributed by atoms with van der Waals surface area (Å²) in [4.78, 5) is 20.7. The fourth-order valence-corrected chi connectivity index (χ4v) is 2.62. The number of hydrogen-bond acceptors (Lipinski definition) is 7. The lowest BCUT2D eigenvalue weighted by atomic mass is 10.4. The van der Waals surface area contributed by atoms with Crippen molar-refractivity contribution in [3.05, 3.63) is 54.9 Å². The van der Waals surface area contributed by atoms with E-state index in [1.165, 1.54) is 0 Å². The summed E-state index contributed by atoms with van der Waals surface area (Å²) < 4.78 is 49.7. The quantitative estimate of drug-likeness (QED) is 0.283. The van der Waals surface area contributed by atoms with Gasteiger partial charge in [0.1, 0.15) is 0 Å². The van der Waals surface area contributed by atoms with Crippen LogP contribution in [0.15, 0.2) is 36.7 Å². The van der Waals surface area contributed by atoms with E-state index >= 15 is 0 Å². The van der Waals surface area contributed by atoms with Crippen LogP contribution in [0.2, 0.25) is 0 Å². The molecular weight excluding hydrogens is 540 g/mol. The van der Waals surface area contributed by atoms with Gasteiger partial charge in [-0.15, -0.1) is 4.98 Å². The van der Waals surface area contributed by atoms with Gasteiger partial charge < -0.3 is 13.9 Å². The first-order valence-electron chi connectivity index (χ1n) is 8.80. The highest BCUT2D eigenvalue weighted by Crippen LogP contribution is 2.16. The summed E-state index contributed by atoms with van der Waals surface area (Å²) in [5.41, 5.74) is 1.21. The summed E-state index contributed by atoms with van der Waals surface area (Å²) in [7, 11) is 3.55. The molecule has 0 aliphatic carbocycles. The largest absolute Gasteiger partial charge is 0.450 e. The Balaban J connectivity index is 0.000000186. The molecule has 32 heavy (non-hydrogen) atoms. The summed E-state index contributed by atoms with van der Waals surface area (Å²) >= 11 is 1.88. The molecule has 0 N–H and O–H groups in total. The highest BCUT2D eigenvalue weighted by atomic mass is 127. The molecular formula is C19H14F3IN8O. The fourth-order valence-electron chi connectivity index (χ4n) is 2.47. The molecule has 0 unspecified atom stereocenters. The van der Waals surface area contributed by atoms with Gasteiger partial charge in [-0.05, 0) is 28.2 Å². The second kappa shape index (κ2) is 10.7. The van der Waals surface area contributed by atoms with Gasteiger partial charge in [0.15, 0.2) is 18.3 Å². The lowest BCUT2D eigenvalue weighted by molar-refractivity contribution is 0.328. The Morgan fingerprint density at radius 3 is 1.78 bits per heavy atom. The number of hydrogen-bond donors (Lipinski definition) is 0. The van der Waals surface area contributed by atoms with E-state index in [1.54, 1.807) is 40.6 Å². The van der Waals surface area contributed by atoms with Gasteiger partial charge in [0.05, 0.1) is 11.4 Å². The molecule has 164 valence electrons. The Bertz CT molecular complexity index is 1260. The molecule has 0 saturated carbocycles. The Morgan fingerprint density at radius 2 is 1.31 bits per heavy atom. The van der Waals surface area contributed by atoms with Crippen LogP contribution in [-0.2, 0) is 14.1 Å². The van der Waals surface area contributed by atoms with Crippen molar-refractivity contribution in [1.82, 2.24) is 39.0 Å². The van der Waals surface area contributed by atoms with E-state index < -0.39 is 18.2 Å². The third kappa shape index (κ3) is 6.00. The van der Waals surface area contributed by atoms with Crippen molar-refractivity contribution in [2.45, 2.75) is 0 Å². The Morgan fingerprint density at radius 1 is 0.812 bits per heavy atom. The van der Waals surface area contributed by atoms with Gasteiger partial charge in [-0.25, -0.2) is 0 Å². The second-order valence-corrected chi connectivity index (χ2v) is 6.52. The molecule has 0 spiro atoms. The fraction of sp³-hybridized carbons (Fsp3) is 0.158. The minimum Gasteiger partial charge on any atom is -0.450 e. The minimum absolute atomic E-state index is 0.0116. The van der Waals surface area contributed by atoms with Crippen molar-refractivity contribution >= 4 is 22.6 Å². The Labute approximate surface area is 193 Å². The number of aromatic nitrogens is 8. The van der Waals surface area contributed by atoms with Crippen molar-refractivity contribution < 1.29 is 17.9 Å². The highest BCUT2D eigenvalue weighted by Gasteiger charge is 2.11. The standard InChI is InChI=1S/C11H8FIN4O.C8H6F2N4/c1-17-6-2-4-8(17)9-14-10(12)16-11(15-9)18-7-3-5-13;1-14-4-2-3-5(14)6-11-7(9)13-8(10)12-6/h2,4,6H,7H2,1H3;2-4H,1H3. The molecule has 4 aromatic heterocycles. The average Bonchev–Trinajstić information content (AvgIpc) is 3.35. The van der Waals surface area contributed by atoms with Crippen molar-refractivity contribution in [2.75, 3.05) is 6.61 Å². The van der Waals surface area contributed by atoms with Crippen LogP contribution in [-0.4, -0.2) is 45.6 Å². The lowest BCUT2D eigenvalue weighted by Crippen LogP contribution is -2.05. The molecule has 4 rings (SSSR count). The molecule has 0 bridgehead atoms. The zero-order valence-electron chi connectivity index (χ0n) is 16.7. The van der Waals surface area contributed by atoms with Crippen LogP contribution in [0.3, 0.4) is 0 Å². The van der Waals surface area contributed by atoms with E-state index in [4.69, 9.17) is 4.74 Å². The van der Waals surface area contributed by atoms with E-state index in [-0.39, 0.29) is 24.3 Å². The minimum atomic E-state index is -1.12. The maximum absolute atomic E-state index is 13.3. The third-order valence-electron chi connectivity index (χ3n) is 3.85. The van der Waals surface area contributed by atoms with Crippen LogP contribution in [0, 0.1) is 28.1 Å². The number of aryl methyl sites for hydroxylation is 2. The number of halogens is 4. The topological polar surface area (TPSA) is 96.4 Å². The van der Waals surface area contributed by atoms with E-state index in [1.807, 2.05) is 41.9 Å². The third-order valence-corrected chi connectivity index (χ3v) is 4.24. The van der Waals surface area contributed by atoms with Crippen LogP contribution < -0.4 is 4.74 Å². The monoisotopic (exact) mass is 554 g/mol. The van der Waals surface area contributed by atoms with Crippen LogP contribution in [0.25, 0.3) is 23.0 Å². The molecule has 4 heterocycles. The van der Waals surface area contributed by atoms with Crippen molar-refractivity contribution in [3.63, 3.8) is 0 Å². The van der Waals surface area contributed by atoms with Crippen LogP contribution in [0.4, 0.5) is 13.2 Å². The molecule has 0 saturated heterocycles. The highest BCUT2D eigenvalue weighted by molar-refractivity contribution is 14.1. The Hall–Kier alpha value is -3.54. The van der Waals surface area contributed by atoms with E-state index in [0.717, 1.165) is 0 Å². The molecule has 13 heteroatoms. The number of rotatable bonds is 4. The molecule has 0 amide bonds. The van der Waals surface area contributed by atoms with Crippen molar-refractivity contribution in [1.29, 1.82) is 0 Å². The van der Waals surface area contributed by atoms with Crippen molar-refractivity contribution in [3.8, 4) is 38.9 Å². The van der Waals surface area contributed by atoms with E-state index in [9.17, 15) is 13.2 Å². The summed E-state index contributed by atoms with van der Waals surface area (Å²) in [6.07, 6.45) is 0.439. The predicted octanol–water partition coefficient (Wildman–Crippen LogP) is 2.95. The van der Waals surface area contributed by atoms with Gasteiger partial charge >= 0.3 is 24.2 Å². The first-order valence-corrected chi connectivity index (χ1v) is 9.88. The summed E-state index contributed by atoms with van der Waals surface area (Å²) in [5, 5.41) is 0. The maximum atomic E-state index is 13.3. The van der Waals surface area contributed by atoms with Crippen LogP contribution in [0.1, 0.15) is 0 Å². The molecule has 4 aromatic rings. The maximum Gasteiger partial charge on any atom is 0.323 e. The molecule has 0 fully saturated rings. The zero-order valence-corrected chi connectivity index (χ0v) is 18.8. The molecule has 0 aromatic carbocycles. The smallest absolute Gasteiger partial charge is 0.323 e. The van der Waals surface area contributed by atoms with Gasteiger partial charge in [-0.3, -0.25) is 0 Å². The van der Waals surface area contributed by atoms with Crippen LogP contribution >= 0.6 is 22.6 Å². The average molecular weight is 554 g/mol. The van der Waals surface area contributed by atoms with Gasteiger partial charge in [0.2, 0.25) is 0 Å². The molecule has 0 atom stereocenters. The predicted molar refractivity (Wildman–Crippen MR) is 116 cm³/mol. The normalized spacial score (nSPS) is 10.1. The van der Waals surface area contributed by atoms with E-state index in [2.05, 4.69) is 39.8 Å². The lowest BCUT2D eigenvalue weighted by Gasteiger charge is -2.04. The summed E-state index contributed by atoms with van der Waals surface area (Å²) in [6.45, 7) is 0.110. The van der Waals surface area contributed by atoms with Crippen LogP contribution in [0.5, 0.6) is 6.01 Å². The van der Waals surface area contributed by atoms with Gasteiger partial charge in [0, 0.05) is 49.1 Å². The van der Waals surface area contributed by atoms with Gasteiger partial charge in [-0.1, -0.05) is 5.92 Å². The van der Waals surface area contributed by atoms with E-state index in [0.29, 0.717) is 11.4 Å². The molecule has 9 nitrogen and oxygen atoms in total. The number of nitrogens with zero attached hydrogens (tertiary/aromatic N) is 8. The first kappa shape index (κ1) is 23.1. The molecule has 0 aliphatic heterocycles. The Kier molecular flexibility index (Phi) is 7.71. The zero-order chi connectivity index (χ0) is 23.1. The van der Waals surface area contributed by atoms with Crippen molar-refractivity contribution in [2.24, 2.45) is 14.1 Å². The van der Waals surface area contributed by atoms with Gasteiger partial charge in [-0.2, -0.15) is 38.1 Å².